The second-order valence-corrected chi connectivity index (χ2v) is 4.53. The van der Waals surface area contributed by atoms with Crippen LogP contribution in [0.5, 0.6) is 0 Å². The molecule has 1 unspecified atom stereocenters. The molecule has 1 heterocycles. The Morgan fingerprint density at radius 2 is 2.40 bits per heavy atom. The molecule has 1 aliphatic heterocycles. The van der Waals surface area contributed by atoms with Crippen molar-refractivity contribution in [2.75, 3.05) is 13.2 Å². The van der Waals surface area contributed by atoms with Crippen molar-refractivity contribution in [3.63, 3.8) is 0 Å². The standard InChI is InChI=1S/C15H17FN2O2/c16-13-6-5-11(3-1-7-17)9-12(13)10-18-15(19)14-4-2-8-20-14/h5-6,9,14H,2,4,7-8,10,17H2,(H,18,19). The first-order valence-corrected chi connectivity index (χ1v) is 6.57. The third-order valence-corrected chi connectivity index (χ3v) is 3.06. The number of amides is 1. The summed E-state index contributed by atoms with van der Waals surface area (Å²) in [6.07, 6.45) is 1.20. The molecule has 0 saturated carbocycles. The number of rotatable bonds is 3. The van der Waals surface area contributed by atoms with Gasteiger partial charge in [0.2, 0.25) is 5.91 Å². The number of nitrogens with one attached hydrogen (secondary N) is 1. The molecule has 0 bridgehead atoms. The van der Waals surface area contributed by atoms with Crippen LogP contribution in [-0.4, -0.2) is 25.2 Å². The number of hydrogen-bond donors (Lipinski definition) is 2. The zero-order valence-corrected chi connectivity index (χ0v) is 11.1. The van der Waals surface area contributed by atoms with E-state index < -0.39 is 6.10 Å². The lowest BCUT2D eigenvalue weighted by Crippen LogP contribution is -2.33. The van der Waals surface area contributed by atoms with Gasteiger partial charge in [-0.15, -0.1) is 0 Å². The van der Waals surface area contributed by atoms with Crippen LogP contribution in [0.4, 0.5) is 4.39 Å². The first-order valence-electron chi connectivity index (χ1n) is 6.57. The van der Waals surface area contributed by atoms with Crippen LogP contribution < -0.4 is 11.1 Å². The number of ether oxygens (including phenoxy) is 1. The minimum absolute atomic E-state index is 0.128. The van der Waals surface area contributed by atoms with E-state index in [0.717, 1.165) is 12.8 Å². The van der Waals surface area contributed by atoms with E-state index in [0.29, 0.717) is 17.7 Å². The molecule has 0 spiro atoms. The van der Waals surface area contributed by atoms with E-state index in [9.17, 15) is 9.18 Å². The number of nitrogens with two attached hydrogens (primary N) is 1. The van der Waals surface area contributed by atoms with Crippen LogP contribution in [-0.2, 0) is 16.1 Å². The van der Waals surface area contributed by atoms with Crippen molar-refractivity contribution < 1.29 is 13.9 Å². The first-order chi connectivity index (χ1) is 9.70. The van der Waals surface area contributed by atoms with Gasteiger partial charge in [0.05, 0.1) is 6.54 Å². The fourth-order valence-corrected chi connectivity index (χ4v) is 2.02. The maximum Gasteiger partial charge on any atom is 0.249 e. The van der Waals surface area contributed by atoms with Crippen molar-refractivity contribution in [1.82, 2.24) is 5.32 Å². The third kappa shape index (κ3) is 3.80. The topological polar surface area (TPSA) is 64.3 Å². The Morgan fingerprint density at radius 1 is 1.55 bits per heavy atom. The summed E-state index contributed by atoms with van der Waals surface area (Å²) in [7, 11) is 0. The Hall–Kier alpha value is -1.90. The van der Waals surface area contributed by atoms with Crippen LogP contribution in [0.25, 0.3) is 0 Å². The minimum Gasteiger partial charge on any atom is -0.368 e. The number of carbonyl (C=O) groups is 1. The van der Waals surface area contributed by atoms with Gasteiger partial charge in [-0.05, 0) is 31.0 Å². The normalized spacial score (nSPS) is 17.4. The Balaban J connectivity index is 1.99. The number of halogens is 1. The zero-order valence-electron chi connectivity index (χ0n) is 11.1. The van der Waals surface area contributed by atoms with E-state index in [4.69, 9.17) is 10.5 Å². The molecule has 4 nitrogen and oxygen atoms in total. The third-order valence-electron chi connectivity index (χ3n) is 3.06. The van der Waals surface area contributed by atoms with E-state index in [1.54, 1.807) is 12.1 Å². The minimum atomic E-state index is -0.404. The van der Waals surface area contributed by atoms with E-state index in [1.165, 1.54) is 6.07 Å². The molecular formula is C15H17FN2O2. The molecule has 106 valence electrons. The molecule has 1 fully saturated rings. The fraction of sp³-hybridized carbons (Fsp3) is 0.400. The molecule has 1 aromatic carbocycles. The smallest absolute Gasteiger partial charge is 0.249 e. The zero-order chi connectivity index (χ0) is 14.4. The summed E-state index contributed by atoms with van der Waals surface area (Å²) < 4.78 is 18.9. The highest BCUT2D eigenvalue weighted by Crippen LogP contribution is 2.13. The summed E-state index contributed by atoms with van der Waals surface area (Å²) in [4.78, 5) is 11.8. The van der Waals surface area contributed by atoms with Crippen LogP contribution in [0.1, 0.15) is 24.0 Å². The van der Waals surface area contributed by atoms with Gasteiger partial charge in [-0.2, -0.15) is 0 Å². The summed E-state index contributed by atoms with van der Waals surface area (Å²) >= 11 is 0. The van der Waals surface area contributed by atoms with E-state index in [1.807, 2.05) is 0 Å². The van der Waals surface area contributed by atoms with Gasteiger partial charge in [-0.3, -0.25) is 4.79 Å². The van der Waals surface area contributed by atoms with E-state index >= 15 is 0 Å². The molecule has 0 aromatic heterocycles. The Bertz CT molecular complexity index is 543. The molecule has 20 heavy (non-hydrogen) atoms. The first kappa shape index (κ1) is 14.5. The lowest BCUT2D eigenvalue weighted by Gasteiger charge is -2.11. The maximum atomic E-state index is 13.7. The lowest BCUT2D eigenvalue weighted by molar-refractivity contribution is -0.130. The lowest BCUT2D eigenvalue weighted by atomic mass is 10.1. The van der Waals surface area contributed by atoms with Crippen LogP contribution in [0.3, 0.4) is 0 Å². The summed E-state index contributed by atoms with van der Waals surface area (Å²) in [5.74, 6) is 4.99. The molecule has 0 aliphatic carbocycles. The molecule has 1 aliphatic rings. The summed E-state index contributed by atoms with van der Waals surface area (Å²) in [5, 5.41) is 2.69. The summed E-state index contributed by atoms with van der Waals surface area (Å²) in [5.41, 5.74) is 6.38. The van der Waals surface area contributed by atoms with Crippen molar-refractivity contribution in [3.05, 3.63) is 35.1 Å². The van der Waals surface area contributed by atoms with E-state index in [2.05, 4.69) is 17.2 Å². The molecular weight excluding hydrogens is 259 g/mol. The highest BCUT2D eigenvalue weighted by Gasteiger charge is 2.23. The fourth-order valence-electron chi connectivity index (χ4n) is 2.02. The largest absolute Gasteiger partial charge is 0.368 e. The van der Waals surface area contributed by atoms with Crippen molar-refractivity contribution in [2.24, 2.45) is 5.73 Å². The quantitative estimate of drug-likeness (QED) is 0.807. The van der Waals surface area contributed by atoms with Crippen LogP contribution in [0, 0.1) is 17.7 Å². The highest BCUT2D eigenvalue weighted by molar-refractivity contribution is 5.80. The summed E-state index contributed by atoms with van der Waals surface area (Å²) in [6.45, 7) is 0.988. The summed E-state index contributed by atoms with van der Waals surface area (Å²) in [6, 6.07) is 4.55. The SMILES string of the molecule is NCC#Cc1ccc(F)c(CNC(=O)C2CCCO2)c1. The van der Waals surface area contributed by atoms with Gasteiger partial charge in [0, 0.05) is 24.3 Å². The average Bonchev–Trinajstić information content (AvgIpc) is 2.99. The van der Waals surface area contributed by atoms with Gasteiger partial charge in [0.1, 0.15) is 11.9 Å². The maximum absolute atomic E-state index is 13.7. The van der Waals surface area contributed by atoms with E-state index in [-0.39, 0.29) is 24.8 Å². The highest BCUT2D eigenvalue weighted by atomic mass is 19.1. The van der Waals surface area contributed by atoms with Gasteiger partial charge in [-0.1, -0.05) is 11.8 Å². The number of hydrogen-bond acceptors (Lipinski definition) is 3. The second-order valence-electron chi connectivity index (χ2n) is 4.53. The molecule has 5 heteroatoms. The Kier molecular flexibility index (Phi) is 5.10. The predicted octanol–water partition coefficient (Wildman–Crippen LogP) is 0.931. The van der Waals surface area contributed by atoms with Gasteiger partial charge in [0.25, 0.3) is 0 Å². The molecule has 0 radical (unpaired) electrons. The molecule has 1 saturated heterocycles. The Morgan fingerprint density at radius 3 is 3.10 bits per heavy atom. The average molecular weight is 276 g/mol. The molecule has 1 aromatic rings. The molecule has 1 atom stereocenters. The van der Waals surface area contributed by atoms with Gasteiger partial charge >= 0.3 is 0 Å². The van der Waals surface area contributed by atoms with Crippen molar-refractivity contribution in [3.8, 4) is 11.8 Å². The van der Waals surface area contributed by atoms with Crippen LogP contribution in [0.2, 0.25) is 0 Å². The molecule has 3 N–H and O–H groups in total. The Labute approximate surface area is 117 Å². The molecule has 1 amide bonds. The van der Waals surface area contributed by atoms with Crippen molar-refractivity contribution in [1.29, 1.82) is 0 Å². The number of benzene rings is 1. The second kappa shape index (κ2) is 7.04. The van der Waals surface area contributed by atoms with Crippen molar-refractivity contribution in [2.45, 2.75) is 25.5 Å². The molecule has 2 rings (SSSR count). The van der Waals surface area contributed by atoms with Gasteiger partial charge in [-0.25, -0.2) is 4.39 Å². The van der Waals surface area contributed by atoms with Gasteiger partial charge < -0.3 is 15.8 Å². The predicted molar refractivity (Wildman–Crippen MR) is 73.2 cm³/mol. The monoisotopic (exact) mass is 276 g/mol. The van der Waals surface area contributed by atoms with Gasteiger partial charge in [0.15, 0.2) is 0 Å². The van der Waals surface area contributed by atoms with Crippen LogP contribution >= 0.6 is 0 Å². The number of carbonyl (C=O) groups excluding carboxylic acids is 1. The van der Waals surface area contributed by atoms with Crippen molar-refractivity contribution >= 4 is 5.91 Å². The van der Waals surface area contributed by atoms with Crippen LogP contribution in [0.15, 0.2) is 18.2 Å².